The van der Waals surface area contributed by atoms with Crippen LogP contribution in [0.1, 0.15) is 13.8 Å². The van der Waals surface area contributed by atoms with Crippen molar-refractivity contribution in [2.24, 2.45) is 11.5 Å². The average Bonchev–Trinajstić information content (AvgIpc) is 2.12. The fourth-order valence-corrected chi connectivity index (χ4v) is 0.477. The summed E-state index contributed by atoms with van der Waals surface area (Å²) in [6, 6.07) is 0. The van der Waals surface area contributed by atoms with Crippen LogP contribution in [-0.2, 0) is 9.47 Å². The van der Waals surface area contributed by atoms with Gasteiger partial charge in [0, 0.05) is 13.1 Å². The molecule has 0 heterocycles. The van der Waals surface area contributed by atoms with Gasteiger partial charge in [0.05, 0.1) is 13.2 Å². The van der Waals surface area contributed by atoms with Crippen molar-refractivity contribution < 1.29 is 19.7 Å². The van der Waals surface area contributed by atoms with E-state index < -0.39 is 12.6 Å². The minimum Gasteiger partial charge on any atom is -0.368 e. The Morgan fingerprint density at radius 2 is 1.21 bits per heavy atom. The van der Waals surface area contributed by atoms with Crippen LogP contribution in [0, 0.1) is 0 Å². The second-order valence-electron chi connectivity index (χ2n) is 2.52. The summed E-state index contributed by atoms with van der Waals surface area (Å²) in [5.41, 5.74) is 10.1. The molecule has 0 aromatic rings. The van der Waals surface area contributed by atoms with E-state index in [0.29, 0.717) is 26.3 Å². The van der Waals surface area contributed by atoms with Crippen molar-refractivity contribution in [1.29, 1.82) is 0 Å². The molecule has 0 aliphatic heterocycles. The Hall–Kier alpha value is -0.240. The van der Waals surface area contributed by atoms with E-state index in [2.05, 4.69) is 9.47 Å². The number of aliphatic hydroxyl groups excluding tert-OH is 2. The quantitative estimate of drug-likeness (QED) is 0.401. The van der Waals surface area contributed by atoms with Crippen LogP contribution in [0.15, 0.2) is 0 Å². The highest BCUT2D eigenvalue weighted by Crippen LogP contribution is 1.79. The lowest BCUT2D eigenvalue weighted by Crippen LogP contribution is -2.14. The fraction of sp³-hybridized carbons (Fsp3) is 1.00. The largest absolute Gasteiger partial charge is 0.368 e. The Kier molecular flexibility index (Phi) is 14.8. The predicted molar refractivity (Wildman–Crippen MR) is 53.4 cm³/mol. The zero-order valence-electron chi connectivity index (χ0n) is 8.85. The second-order valence-corrected chi connectivity index (χ2v) is 2.52. The van der Waals surface area contributed by atoms with Crippen LogP contribution in [0.25, 0.3) is 0 Å². The number of hydrogen-bond acceptors (Lipinski definition) is 6. The summed E-state index contributed by atoms with van der Waals surface area (Å²) in [4.78, 5) is 0. The first-order valence-corrected chi connectivity index (χ1v) is 4.54. The first-order valence-electron chi connectivity index (χ1n) is 4.54. The normalized spacial score (nSPS) is 14.1. The third kappa shape index (κ3) is 22.6. The molecule has 0 rings (SSSR count). The fourth-order valence-electron chi connectivity index (χ4n) is 0.477. The Morgan fingerprint density at radius 3 is 1.29 bits per heavy atom. The van der Waals surface area contributed by atoms with Crippen molar-refractivity contribution in [3.8, 4) is 0 Å². The van der Waals surface area contributed by atoms with Gasteiger partial charge >= 0.3 is 0 Å². The van der Waals surface area contributed by atoms with Crippen molar-refractivity contribution in [3.63, 3.8) is 0 Å². The van der Waals surface area contributed by atoms with Crippen molar-refractivity contribution in [2.75, 3.05) is 26.3 Å². The monoisotopic (exact) mass is 210 g/mol. The molecule has 14 heavy (non-hydrogen) atoms. The molecule has 0 fully saturated rings. The van der Waals surface area contributed by atoms with Crippen LogP contribution in [0.3, 0.4) is 0 Å². The molecular formula is C8H22N2O4. The molecule has 0 saturated carbocycles. The molecule has 0 aromatic heterocycles. The summed E-state index contributed by atoms with van der Waals surface area (Å²) in [5, 5.41) is 16.8. The van der Waals surface area contributed by atoms with E-state index in [1.165, 1.54) is 0 Å². The van der Waals surface area contributed by atoms with Crippen molar-refractivity contribution in [3.05, 3.63) is 0 Å². The number of ether oxygens (including phenoxy) is 2. The van der Waals surface area contributed by atoms with Crippen LogP contribution in [0.2, 0.25) is 0 Å². The Balaban J connectivity index is 0. The molecule has 6 N–H and O–H groups in total. The summed E-state index contributed by atoms with van der Waals surface area (Å²) in [7, 11) is 0. The molecule has 6 nitrogen and oxygen atoms in total. The van der Waals surface area contributed by atoms with Crippen LogP contribution in [-0.4, -0.2) is 49.1 Å². The SMILES string of the molecule is CC(O)OCCN.CC(O)OCCN. The molecule has 0 saturated heterocycles. The van der Waals surface area contributed by atoms with Gasteiger partial charge < -0.3 is 31.2 Å². The topological polar surface area (TPSA) is 111 Å². The summed E-state index contributed by atoms with van der Waals surface area (Å²) in [6.45, 7) is 4.89. The van der Waals surface area contributed by atoms with E-state index >= 15 is 0 Å². The molecule has 0 radical (unpaired) electrons. The zero-order chi connectivity index (χ0) is 11.4. The van der Waals surface area contributed by atoms with E-state index in [4.69, 9.17) is 21.7 Å². The lowest BCUT2D eigenvalue weighted by atomic mass is 10.7. The molecule has 0 aromatic carbocycles. The number of hydrogen-bond donors (Lipinski definition) is 4. The van der Waals surface area contributed by atoms with E-state index in [9.17, 15) is 0 Å². The molecular weight excluding hydrogens is 188 g/mol. The van der Waals surface area contributed by atoms with Crippen molar-refractivity contribution in [2.45, 2.75) is 26.4 Å². The van der Waals surface area contributed by atoms with Gasteiger partial charge in [-0.05, 0) is 13.8 Å². The highest BCUT2D eigenvalue weighted by atomic mass is 16.6. The highest BCUT2D eigenvalue weighted by Gasteiger charge is 1.89. The van der Waals surface area contributed by atoms with Gasteiger partial charge in [0.15, 0.2) is 12.6 Å². The van der Waals surface area contributed by atoms with Gasteiger partial charge in [-0.25, -0.2) is 0 Å². The number of nitrogens with two attached hydrogens (primary N) is 2. The standard InChI is InChI=1S/2C4H11NO2/c2*1-4(6)7-3-2-5/h2*4,6H,2-3,5H2,1H3. The number of aliphatic hydroxyl groups is 2. The average molecular weight is 210 g/mol. The predicted octanol–water partition coefficient (Wildman–Crippen LogP) is -1.40. The van der Waals surface area contributed by atoms with Crippen molar-refractivity contribution >= 4 is 0 Å². The molecule has 0 bridgehead atoms. The lowest BCUT2D eigenvalue weighted by molar-refractivity contribution is -0.0824. The molecule has 88 valence electrons. The molecule has 0 spiro atoms. The van der Waals surface area contributed by atoms with Crippen LogP contribution in [0.4, 0.5) is 0 Å². The number of rotatable bonds is 6. The van der Waals surface area contributed by atoms with E-state index in [1.807, 2.05) is 0 Å². The molecule has 2 atom stereocenters. The first kappa shape index (κ1) is 16.2. The summed E-state index contributed by atoms with van der Waals surface area (Å²) in [6.07, 6.45) is -1.35. The molecule has 2 unspecified atom stereocenters. The maximum atomic E-state index is 8.41. The van der Waals surface area contributed by atoms with E-state index in [0.717, 1.165) is 0 Å². The van der Waals surface area contributed by atoms with Gasteiger partial charge in [0.1, 0.15) is 0 Å². The first-order chi connectivity index (χ1) is 6.54. The Morgan fingerprint density at radius 1 is 0.929 bits per heavy atom. The lowest BCUT2D eigenvalue weighted by Gasteiger charge is -2.02. The van der Waals surface area contributed by atoms with Gasteiger partial charge in [-0.15, -0.1) is 0 Å². The third-order valence-corrected chi connectivity index (χ3v) is 0.954. The van der Waals surface area contributed by atoms with Gasteiger partial charge in [-0.1, -0.05) is 0 Å². The third-order valence-electron chi connectivity index (χ3n) is 0.954. The summed E-state index contributed by atoms with van der Waals surface area (Å²) in [5.74, 6) is 0. The van der Waals surface area contributed by atoms with Gasteiger partial charge in [-0.2, -0.15) is 0 Å². The Bertz CT molecular complexity index is 89.3. The van der Waals surface area contributed by atoms with Gasteiger partial charge in [0.2, 0.25) is 0 Å². The van der Waals surface area contributed by atoms with Crippen LogP contribution < -0.4 is 11.5 Å². The minimum absolute atomic E-state index is 0.428. The second kappa shape index (κ2) is 12.8. The smallest absolute Gasteiger partial charge is 0.151 e. The van der Waals surface area contributed by atoms with Crippen LogP contribution in [0.5, 0.6) is 0 Å². The van der Waals surface area contributed by atoms with E-state index in [-0.39, 0.29) is 0 Å². The van der Waals surface area contributed by atoms with Gasteiger partial charge in [-0.3, -0.25) is 0 Å². The summed E-state index contributed by atoms with van der Waals surface area (Å²) >= 11 is 0. The minimum atomic E-state index is -0.677. The van der Waals surface area contributed by atoms with E-state index in [1.54, 1.807) is 13.8 Å². The summed E-state index contributed by atoms with van der Waals surface area (Å²) < 4.78 is 9.24. The van der Waals surface area contributed by atoms with Gasteiger partial charge in [0.25, 0.3) is 0 Å². The van der Waals surface area contributed by atoms with Crippen molar-refractivity contribution in [1.82, 2.24) is 0 Å². The van der Waals surface area contributed by atoms with Crippen LogP contribution >= 0.6 is 0 Å². The maximum absolute atomic E-state index is 8.41. The maximum Gasteiger partial charge on any atom is 0.151 e. The molecule has 6 heteroatoms. The zero-order valence-corrected chi connectivity index (χ0v) is 8.85. The molecule has 0 aliphatic carbocycles. The molecule has 0 amide bonds. The highest BCUT2D eigenvalue weighted by molar-refractivity contribution is 4.29. The Labute approximate surface area is 84.8 Å². The molecule has 0 aliphatic rings.